The maximum atomic E-state index is 12.6. The second-order valence-corrected chi connectivity index (χ2v) is 10.2. The fraction of sp³-hybridized carbons (Fsp3) is 0.737. The lowest BCUT2D eigenvalue weighted by atomic mass is 10.1. The molecule has 0 aliphatic carbocycles. The number of sulfonamides is 1. The number of rotatable bonds is 10. The van der Waals surface area contributed by atoms with Crippen LogP contribution in [0.5, 0.6) is 0 Å². The van der Waals surface area contributed by atoms with Crippen molar-refractivity contribution in [2.24, 2.45) is 10.9 Å². The second kappa shape index (κ2) is 11.1. The van der Waals surface area contributed by atoms with Crippen LogP contribution in [0.25, 0.3) is 0 Å². The summed E-state index contributed by atoms with van der Waals surface area (Å²) in [5.41, 5.74) is 0. The van der Waals surface area contributed by atoms with E-state index in [2.05, 4.69) is 24.2 Å². The summed E-state index contributed by atoms with van der Waals surface area (Å²) in [4.78, 5) is 7.93. The van der Waals surface area contributed by atoms with Crippen LogP contribution in [-0.2, 0) is 21.2 Å². The molecule has 1 aromatic heterocycles. The molecule has 1 fully saturated rings. The standard InChI is InChI=1S/C19H34N4O3S2/c1-5-20-19(22(4)14-16-11-13-26-15-16)21-12-10-17-8-9-18(27-17)28(24,25)23(6-2)7-3/h8-9,16H,5-7,10-15H2,1-4H3,(H,20,21). The number of hydrogen-bond donors (Lipinski definition) is 1. The summed E-state index contributed by atoms with van der Waals surface area (Å²) in [6.45, 7) is 10.8. The quantitative estimate of drug-likeness (QED) is 0.455. The summed E-state index contributed by atoms with van der Waals surface area (Å²) in [6.07, 6.45) is 1.83. The van der Waals surface area contributed by atoms with E-state index in [0.29, 0.717) is 29.8 Å². The first kappa shape index (κ1) is 23.1. The van der Waals surface area contributed by atoms with Gasteiger partial charge in [0.25, 0.3) is 10.0 Å². The number of guanidine groups is 1. The molecule has 0 radical (unpaired) electrons. The largest absolute Gasteiger partial charge is 0.381 e. The van der Waals surface area contributed by atoms with Gasteiger partial charge in [0.1, 0.15) is 4.21 Å². The van der Waals surface area contributed by atoms with Crippen LogP contribution in [0.2, 0.25) is 0 Å². The Balaban J connectivity index is 1.96. The van der Waals surface area contributed by atoms with Gasteiger partial charge in [-0.15, -0.1) is 11.3 Å². The molecule has 2 heterocycles. The SMILES string of the molecule is CCNC(=NCCc1ccc(S(=O)(=O)N(CC)CC)s1)N(C)CC1CCOC1. The molecule has 0 aromatic carbocycles. The Labute approximate surface area is 173 Å². The van der Waals surface area contributed by atoms with E-state index in [-0.39, 0.29) is 0 Å². The molecule has 9 heteroatoms. The first-order chi connectivity index (χ1) is 13.4. The second-order valence-electron chi connectivity index (χ2n) is 6.91. The highest BCUT2D eigenvalue weighted by Gasteiger charge is 2.23. The zero-order valence-electron chi connectivity index (χ0n) is 17.5. The van der Waals surface area contributed by atoms with E-state index in [4.69, 9.17) is 9.73 Å². The monoisotopic (exact) mass is 430 g/mol. The Morgan fingerprint density at radius 2 is 2.07 bits per heavy atom. The lowest BCUT2D eigenvalue weighted by Crippen LogP contribution is -2.41. The zero-order valence-corrected chi connectivity index (χ0v) is 19.1. The summed E-state index contributed by atoms with van der Waals surface area (Å²) in [7, 11) is -1.32. The van der Waals surface area contributed by atoms with Gasteiger partial charge in [-0.2, -0.15) is 4.31 Å². The number of nitrogens with zero attached hydrogens (tertiary/aromatic N) is 3. The minimum absolute atomic E-state index is 0.417. The third-order valence-corrected chi connectivity index (χ3v) is 8.47. The van der Waals surface area contributed by atoms with Gasteiger partial charge >= 0.3 is 0 Å². The predicted octanol–water partition coefficient (Wildman–Crippen LogP) is 2.25. The van der Waals surface area contributed by atoms with Gasteiger partial charge in [0.05, 0.1) is 6.61 Å². The molecule has 0 amide bonds. The molecule has 28 heavy (non-hydrogen) atoms. The average molecular weight is 431 g/mol. The van der Waals surface area contributed by atoms with Crippen LogP contribution in [-0.4, -0.2) is 76.6 Å². The summed E-state index contributed by atoms with van der Waals surface area (Å²) < 4.78 is 32.6. The number of thiophene rings is 1. The Hall–Kier alpha value is -1.16. The van der Waals surface area contributed by atoms with Gasteiger partial charge in [-0.25, -0.2) is 8.42 Å². The van der Waals surface area contributed by atoms with Crippen molar-refractivity contribution in [1.29, 1.82) is 0 Å². The number of nitrogens with one attached hydrogen (secondary N) is 1. The fourth-order valence-electron chi connectivity index (χ4n) is 3.26. The molecule has 1 N–H and O–H groups in total. The summed E-state index contributed by atoms with van der Waals surface area (Å²) in [6, 6.07) is 3.62. The molecule has 0 spiro atoms. The minimum atomic E-state index is -3.37. The van der Waals surface area contributed by atoms with E-state index < -0.39 is 10.0 Å². The molecule has 1 unspecified atom stereocenters. The molecule has 2 rings (SSSR count). The fourth-order valence-corrected chi connectivity index (χ4v) is 6.22. The van der Waals surface area contributed by atoms with Gasteiger partial charge < -0.3 is 15.0 Å². The van der Waals surface area contributed by atoms with Crippen molar-refractivity contribution in [1.82, 2.24) is 14.5 Å². The van der Waals surface area contributed by atoms with Crippen LogP contribution in [0, 0.1) is 5.92 Å². The number of aliphatic imine (C=N–C) groups is 1. The maximum absolute atomic E-state index is 12.6. The molecule has 1 aromatic rings. The van der Waals surface area contributed by atoms with E-state index in [1.807, 2.05) is 19.9 Å². The van der Waals surface area contributed by atoms with Crippen molar-refractivity contribution in [3.63, 3.8) is 0 Å². The van der Waals surface area contributed by atoms with E-state index in [1.165, 1.54) is 15.6 Å². The van der Waals surface area contributed by atoms with Crippen LogP contribution in [0.1, 0.15) is 32.1 Å². The highest BCUT2D eigenvalue weighted by Crippen LogP contribution is 2.25. The van der Waals surface area contributed by atoms with Crippen molar-refractivity contribution in [2.45, 2.75) is 37.8 Å². The van der Waals surface area contributed by atoms with Crippen molar-refractivity contribution in [3.8, 4) is 0 Å². The van der Waals surface area contributed by atoms with Crippen LogP contribution in [0.3, 0.4) is 0 Å². The highest BCUT2D eigenvalue weighted by atomic mass is 32.2. The van der Waals surface area contributed by atoms with E-state index in [0.717, 1.165) is 50.0 Å². The Morgan fingerprint density at radius 3 is 2.68 bits per heavy atom. The summed E-state index contributed by atoms with van der Waals surface area (Å²) in [5, 5.41) is 3.34. The van der Waals surface area contributed by atoms with Crippen LogP contribution in [0.15, 0.2) is 21.3 Å². The molecule has 1 saturated heterocycles. The number of hydrogen-bond acceptors (Lipinski definition) is 5. The van der Waals surface area contributed by atoms with Crippen molar-refractivity contribution < 1.29 is 13.2 Å². The van der Waals surface area contributed by atoms with Crippen LogP contribution < -0.4 is 5.32 Å². The smallest absolute Gasteiger partial charge is 0.252 e. The number of ether oxygens (including phenoxy) is 1. The van der Waals surface area contributed by atoms with Crippen molar-refractivity contribution in [2.75, 3.05) is 53.0 Å². The average Bonchev–Trinajstić information content (AvgIpc) is 3.34. The van der Waals surface area contributed by atoms with Crippen LogP contribution >= 0.6 is 11.3 Å². The molecular formula is C19H34N4O3S2. The van der Waals surface area contributed by atoms with Crippen molar-refractivity contribution in [3.05, 3.63) is 17.0 Å². The van der Waals surface area contributed by atoms with E-state index >= 15 is 0 Å². The maximum Gasteiger partial charge on any atom is 0.252 e. The molecule has 160 valence electrons. The normalized spacial score (nSPS) is 18.0. The summed E-state index contributed by atoms with van der Waals surface area (Å²) in [5.74, 6) is 1.45. The van der Waals surface area contributed by atoms with Gasteiger partial charge in [-0.3, -0.25) is 4.99 Å². The first-order valence-corrected chi connectivity index (χ1v) is 12.3. The lowest BCUT2D eigenvalue weighted by Gasteiger charge is -2.24. The lowest BCUT2D eigenvalue weighted by molar-refractivity contribution is 0.181. The van der Waals surface area contributed by atoms with Gasteiger partial charge in [0, 0.05) is 63.6 Å². The van der Waals surface area contributed by atoms with E-state index in [1.54, 1.807) is 6.07 Å². The summed E-state index contributed by atoms with van der Waals surface area (Å²) >= 11 is 1.35. The molecular weight excluding hydrogens is 396 g/mol. The predicted molar refractivity (Wildman–Crippen MR) is 116 cm³/mol. The minimum Gasteiger partial charge on any atom is -0.381 e. The van der Waals surface area contributed by atoms with Crippen molar-refractivity contribution >= 4 is 27.3 Å². The third-order valence-electron chi connectivity index (χ3n) is 4.81. The Kier molecular flexibility index (Phi) is 9.20. The Bertz CT molecular complexity index is 723. The van der Waals surface area contributed by atoms with Gasteiger partial charge in [0.15, 0.2) is 5.96 Å². The highest BCUT2D eigenvalue weighted by molar-refractivity contribution is 7.91. The molecule has 1 atom stereocenters. The third kappa shape index (κ3) is 6.17. The van der Waals surface area contributed by atoms with Gasteiger partial charge in [0.2, 0.25) is 0 Å². The molecule has 7 nitrogen and oxygen atoms in total. The molecule has 0 saturated carbocycles. The van der Waals surface area contributed by atoms with E-state index in [9.17, 15) is 8.42 Å². The topological polar surface area (TPSA) is 74.2 Å². The van der Waals surface area contributed by atoms with Gasteiger partial charge in [-0.05, 0) is 25.5 Å². The first-order valence-electron chi connectivity index (χ1n) is 10.1. The molecule has 1 aliphatic rings. The molecule has 0 bridgehead atoms. The molecule has 1 aliphatic heterocycles. The Morgan fingerprint density at radius 1 is 1.32 bits per heavy atom. The van der Waals surface area contributed by atoms with Crippen LogP contribution in [0.4, 0.5) is 0 Å². The van der Waals surface area contributed by atoms with Gasteiger partial charge in [-0.1, -0.05) is 13.8 Å². The zero-order chi connectivity index (χ0) is 20.6.